The lowest BCUT2D eigenvalue weighted by Gasteiger charge is -2.14. The molecule has 0 aliphatic carbocycles. The predicted molar refractivity (Wildman–Crippen MR) is 75.4 cm³/mol. The Labute approximate surface area is 121 Å². The molecule has 21 heavy (non-hydrogen) atoms. The number of benzene rings is 1. The van der Waals surface area contributed by atoms with Crippen LogP contribution < -0.4 is 11.1 Å². The number of nitrogens with one attached hydrogen (secondary N) is 1. The van der Waals surface area contributed by atoms with Gasteiger partial charge in [-0.2, -0.15) is 4.98 Å². The molecule has 1 aromatic heterocycles. The first-order valence-electron chi connectivity index (χ1n) is 6.69. The van der Waals surface area contributed by atoms with E-state index in [1.54, 1.807) is 13.0 Å². The molecule has 0 saturated carbocycles. The molecule has 110 valence electrons. The van der Waals surface area contributed by atoms with Gasteiger partial charge in [-0.25, -0.2) is 0 Å². The molecule has 3 N–H and O–H groups in total. The third kappa shape index (κ3) is 2.79. The third-order valence-corrected chi connectivity index (χ3v) is 3.40. The Morgan fingerprint density at radius 1 is 1.38 bits per heavy atom. The minimum atomic E-state index is -0.345. The molecule has 2 unspecified atom stereocenters. The Morgan fingerprint density at radius 2 is 2.19 bits per heavy atom. The van der Waals surface area contributed by atoms with Gasteiger partial charge in [0.2, 0.25) is 5.91 Å². The summed E-state index contributed by atoms with van der Waals surface area (Å²) in [5.74, 6) is 0.402. The molecule has 1 aromatic carbocycles. The van der Waals surface area contributed by atoms with Crippen molar-refractivity contribution >= 4 is 11.6 Å². The zero-order valence-electron chi connectivity index (χ0n) is 11.6. The molecule has 1 fully saturated rings. The highest BCUT2D eigenvalue weighted by Crippen LogP contribution is 2.27. The average Bonchev–Trinajstić information content (AvgIpc) is 3.08. The van der Waals surface area contributed by atoms with Gasteiger partial charge in [-0.05, 0) is 19.1 Å². The van der Waals surface area contributed by atoms with Gasteiger partial charge in [0.05, 0.1) is 30.4 Å². The van der Waals surface area contributed by atoms with Crippen LogP contribution in [0.2, 0.25) is 0 Å². The number of carbonyl (C=O) groups excluding carboxylic acids is 1. The summed E-state index contributed by atoms with van der Waals surface area (Å²) in [5, 5.41) is 6.63. The van der Waals surface area contributed by atoms with Crippen molar-refractivity contribution in [1.29, 1.82) is 0 Å². The van der Waals surface area contributed by atoms with E-state index >= 15 is 0 Å². The van der Waals surface area contributed by atoms with E-state index in [1.807, 2.05) is 18.2 Å². The van der Waals surface area contributed by atoms with E-state index in [2.05, 4.69) is 15.5 Å². The highest BCUT2D eigenvalue weighted by Gasteiger charge is 2.31. The van der Waals surface area contributed by atoms with Crippen LogP contribution in [0, 0.1) is 12.8 Å². The Bertz CT molecular complexity index is 655. The molecule has 0 radical (unpaired) electrons. The summed E-state index contributed by atoms with van der Waals surface area (Å²) in [5.41, 5.74) is 7.15. The lowest BCUT2D eigenvalue weighted by Crippen LogP contribution is -2.37. The maximum Gasteiger partial charge on any atom is 0.260 e. The number of para-hydroxylation sites is 1. The van der Waals surface area contributed by atoms with Crippen molar-refractivity contribution in [2.24, 2.45) is 11.7 Å². The quantitative estimate of drug-likeness (QED) is 0.871. The van der Waals surface area contributed by atoms with E-state index in [-0.39, 0.29) is 17.9 Å². The largest absolute Gasteiger partial charge is 0.379 e. The van der Waals surface area contributed by atoms with Gasteiger partial charge in [-0.3, -0.25) is 4.79 Å². The molecular formula is C14H16N4O3. The van der Waals surface area contributed by atoms with Crippen molar-refractivity contribution in [3.8, 4) is 11.5 Å². The summed E-state index contributed by atoms with van der Waals surface area (Å²) in [6, 6.07) is 6.99. The molecule has 0 bridgehead atoms. The van der Waals surface area contributed by atoms with E-state index in [0.717, 1.165) is 0 Å². The molecule has 1 aliphatic heterocycles. The number of nitrogens with zero attached hydrogens (tertiary/aromatic N) is 2. The third-order valence-electron chi connectivity index (χ3n) is 3.40. The second kappa shape index (κ2) is 5.63. The van der Waals surface area contributed by atoms with Crippen LogP contribution in [0.4, 0.5) is 5.69 Å². The van der Waals surface area contributed by atoms with Crippen LogP contribution in [0.1, 0.15) is 5.82 Å². The normalized spacial score (nSPS) is 21.4. The van der Waals surface area contributed by atoms with Gasteiger partial charge in [0.1, 0.15) is 0 Å². The number of hydrogen-bond acceptors (Lipinski definition) is 6. The van der Waals surface area contributed by atoms with Crippen molar-refractivity contribution in [2.45, 2.75) is 13.0 Å². The summed E-state index contributed by atoms with van der Waals surface area (Å²) in [4.78, 5) is 16.5. The highest BCUT2D eigenvalue weighted by atomic mass is 16.5. The van der Waals surface area contributed by atoms with Crippen LogP contribution in [0.25, 0.3) is 11.5 Å². The zero-order valence-corrected chi connectivity index (χ0v) is 11.6. The number of nitrogens with two attached hydrogens (primary N) is 1. The number of amides is 1. The molecule has 2 atom stereocenters. The molecule has 0 spiro atoms. The fraction of sp³-hybridized carbons (Fsp3) is 0.357. The summed E-state index contributed by atoms with van der Waals surface area (Å²) < 4.78 is 10.4. The van der Waals surface area contributed by atoms with Crippen LogP contribution in [0.3, 0.4) is 0 Å². The topological polar surface area (TPSA) is 103 Å². The average molecular weight is 288 g/mol. The van der Waals surface area contributed by atoms with E-state index in [9.17, 15) is 4.79 Å². The van der Waals surface area contributed by atoms with E-state index in [1.165, 1.54) is 0 Å². The summed E-state index contributed by atoms with van der Waals surface area (Å²) in [6.07, 6.45) is 0. The second-order valence-electron chi connectivity index (χ2n) is 4.99. The first-order valence-corrected chi connectivity index (χ1v) is 6.69. The molecule has 2 heterocycles. The zero-order chi connectivity index (χ0) is 14.8. The lowest BCUT2D eigenvalue weighted by atomic mass is 10.0. The molecule has 1 aliphatic rings. The minimum absolute atomic E-state index is 0.163. The van der Waals surface area contributed by atoms with Crippen molar-refractivity contribution in [2.75, 3.05) is 18.5 Å². The Kier molecular flexibility index (Phi) is 3.68. The molecule has 3 rings (SSSR count). The molecule has 1 amide bonds. The van der Waals surface area contributed by atoms with Gasteiger partial charge in [0, 0.05) is 6.04 Å². The number of rotatable bonds is 3. The Hall–Kier alpha value is -2.25. The van der Waals surface area contributed by atoms with E-state index in [4.69, 9.17) is 15.0 Å². The van der Waals surface area contributed by atoms with E-state index < -0.39 is 0 Å². The van der Waals surface area contributed by atoms with Crippen LogP contribution in [0.15, 0.2) is 28.8 Å². The maximum absolute atomic E-state index is 12.3. The first kappa shape index (κ1) is 13.7. The fourth-order valence-corrected chi connectivity index (χ4v) is 2.25. The number of aryl methyl sites for hydroxylation is 1. The number of ether oxygens (including phenoxy) is 1. The molecular weight excluding hydrogens is 272 g/mol. The van der Waals surface area contributed by atoms with Crippen molar-refractivity contribution in [1.82, 2.24) is 10.1 Å². The van der Waals surface area contributed by atoms with Gasteiger partial charge in [-0.1, -0.05) is 17.3 Å². The van der Waals surface area contributed by atoms with Crippen LogP contribution in [-0.4, -0.2) is 35.3 Å². The van der Waals surface area contributed by atoms with Gasteiger partial charge < -0.3 is 20.3 Å². The van der Waals surface area contributed by atoms with Crippen molar-refractivity contribution in [3.05, 3.63) is 30.1 Å². The van der Waals surface area contributed by atoms with Crippen LogP contribution in [-0.2, 0) is 9.53 Å². The highest BCUT2D eigenvalue weighted by molar-refractivity contribution is 5.96. The first-order chi connectivity index (χ1) is 10.1. The smallest absolute Gasteiger partial charge is 0.260 e. The summed E-state index contributed by atoms with van der Waals surface area (Å²) >= 11 is 0. The number of hydrogen-bond donors (Lipinski definition) is 2. The van der Waals surface area contributed by atoms with Crippen LogP contribution in [0.5, 0.6) is 0 Å². The van der Waals surface area contributed by atoms with E-state index in [0.29, 0.717) is 36.2 Å². The number of anilines is 1. The van der Waals surface area contributed by atoms with Crippen molar-refractivity contribution in [3.63, 3.8) is 0 Å². The minimum Gasteiger partial charge on any atom is -0.379 e. The fourth-order valence-electron chi connectivity index (χ4n) is 2.25. The predicted octanol–water partition coefficient (Wildman–Crippen LogP) is 0.957. The van der Waals surface area contributed by atoms with Gasteiger partial charge in [0.15, 0.2) is 5.82 Å². The molecule has 2 aromatic rings. The molecule has 1 saturated heterocycles. The van der Waals surface area contributed by atoms with Crippen LogP contribution >= 0.6 is 0 Å². The second-order valence-corrected chi connectivity index (χ2v) is 4.99. The van der Waals surface area contributed by atoms with Gasteiger partial charge in [-0.15, -0.1) is 0 Å². The Balaban J connectivity index is 1.84. The standard InChI is InChI=1S/C14H16N4O3/c1-8-16-14(21-18-8)9-4-2-3-5-12(9)17-13(19)10-6-20-7-11(10)15/h2-5,10-11H,6-7,15H2,1H3,(H,17,19). The van der Waals surface area contributed by atoms with Gasteiger partial charge in [0.25, 0.3) is 5.89 Å². The van der Waals surface area contributed by atoms with Gasteiger partial charge >= 0.3 is 0 Å². The molecule has 7 nitrogen and oxygen atoms in total. The Morgan fingerprint density at radius 3 is 2.86 bits per heavy atom. The molecule has 7 heteroatoms. The lowest BCUT2D eigenvalue weighted by molar-refractivity contribution is -0.120. The maximum atomic E-state index is 12.3. The van der Waals surface area contributed by atoms with Crippen molar-refractivity contribution < 1.29 is 14.1 Å². The summed E-state index contributed by atoms with van der Waals surface area (Å²) in [6.45, 7) is 2.49. The number of aromatic nitrogens is 2. The monoisotopic (exact) mass is 288 g/mol. The number of carbonyl (C=O) groups is 1. The SMILES string of the molecule is Cc1noc(-c2ccccc2NC(=O)C2COCC2N)n1. The summed E-state index contributed by atoms with van der Waals surface area (Å²) in [7, 11) is 0.